The zero-order chi connectivity index (χ0) is 12.4. The molecule has 17 heavy (non-hydrogen) atoms. The lowest BCUT2D eigenvalue weighted by molar-refractivity contribution is 0.607. The van der Waals surface area contributed by atoms with Gasteiger partial charge in [0, 0.05) is 18.1 Å². The van der Waals surface area contributed by atoms with E-state index < -0.39 is 0 Å². The molecule has 0 bridgehead atoms. The molecule has 1 atom stereocenters. The van der Waals surface area contributed by atoms with Gasteiger partial charge in [-0.15, -0.1) is 11.3 Å². The molecule has 0 amide bonds. The van der Waals surface area contributed by atoms with Crippen LogP contribution in [0.3, 0.4) is 0 Å². The smallest absolute Gasteiger partial charge is 0.0864 e. The molecule has 92 valence electrons. The van der Waals surface area contributed by atoms with Crippen LogP contribution in [-0.4, -0.2) is 16.3 Å². The molecule has 2 heterocycles. The van der Waals surface area contributed by atoms with E-state index in [1.807, 2.05) is 17.9 Å². The zero-order valence-corrected chi connectivity index (χ0v) is 12.6. The van der Waals surface area contributed by atoms with Crippen molar-refractivity contribution < 1.29 is 0 Å². The maximum Gasteiger partial charge on any atom is 0.0864 e. The van der Waals surface area contributed by atoms with Gasteiger partial charge in [-0.1, -0.05) is 6.92 Å². The monoisotopic (exact) mass is 313 g/mol. The molecule has 0 aliphatic rings. The Morgan fingerprint density at radius 3 is 2.82 bits per heavy atom. The third-order valence-electron chi connectivity index (χ3n) is 2.60. The van der Waals surface area contributed by atoms with Gasteiger partial charge in [0.05, 0.1) is 15.5 Å². The van der Waals surface area contributed by atoms with Crippen LogP contribution in [0.15, 0.2) is 22.1 Å². The van der Waals surface area contributed by atoms with Gasteiger partial charge in [-0.2, -0.15) is 5.10 Å². The Morgan fingerprint density at radius 1 is 1.59 bits per heavy atom. The fourth-order valence-electron chi connectivity index (χ4n) is 1.77. The highest BCUT2D eigenvalue weighted by atomic mass is 79.9. The van der Waals surface area contributed by atoms with E-state index >= 15 is 0 Å². The van der Waals surface area contributed by atoms with Crippen LogP contribution in [0.5, 0.6) is 0 Å². The summed E-state index contributed by atoms with van der Waals surface area (Å²) in [4.78, 5) is 1.30. The summed E-state index contributed by atoms with van der Waals surface area (Å²) in [5.41, 5.74) is 2.35. The lowest BCUT2D eigenvalue weighted by Crippen LogP contribution is -2.21. The quantitative estimate of drug-likeness (QED) is 0.939. The zero-order valence-electron chi connectivity index (χ0n) is 10.2. The highest BCUT2D eigenvalue weighted by molar-refractivity contribution is 9.11. The number of aryl methyl sites for hydroxylation is 2. The summed E-state index contributed by atoms with van der Waals surface area (Å²) in [6.45, 7) is 5.16. The molecular formula is C12H16BrN3S. The first-order chi connectivity index (χ1) is 8.11. The largest absolute Gasteiger partial charge is 0.305 e. The minimum Gasteiger partial charge on any atom is -0.305 e. The van der Waals surface area contributed by atoms with Gasteiger partial charge in [-0.25, -0.2) is 0 Å². The molecule has 0 spiro atoms. The molecular weight excluding hydrogens is 298 g/mol. The second-order valence-electron chi connectivity index (χ2n) is 4.01. The van der Waals surface area contributed by atoms with Gasteiger partial charge >= 0.3 is 0 Å². The van der Waals surface area contributed by atoms with Crippen LogP contribution in [0, 0.1) is 6.92 Å². The number of rotatable bonds is 4. The van der Waals surface area contributed by atoms with Crippen molar-refractivity contribution in [2.75, 3.05) is 6.54 Å². The van der Waals surface area contributed by atoms with Crippen LogP contribution < -0.4 is 5.32 Å². The molecule has 2 aromatic rings. The number of nitrogens with zero attached hydrogens (tertiary/aromatic N) is 2. The van der Waals surface area contributed by atoms with Crippen molar-refractivity contribution in [3.8, 4) is 0 Å². The average Bonchev–Trinajstić information content (AvgIpc) is 2.83. The van der Waals surface area contributed by atoms with E-state index in [1.54, 1.807) is 11.3 Å². The van der Waals surface area contributed by atoms with Gasteiger partial charge in [0.25, 0.3) is 0 Å². The van der Waals surface area contributed by atoms with E-state index in [0.717, 1.165) is 12.2 Å². The van der Waals surface area contributed by atoms with E-state index in [-0.39, 0.29) is 6.04 Å². The van der Waals surface area contributed by atoms with Gasteiger partial charge in [-0.3, -0.25) is 4.68 Å². The summed E-state index contributed by atoms with van der Waals surface area (Å²) in [7, 11) is 1.95. The number of halogens is 1. The first-order valence-corrected chi connectivity index (χ1v) is 7.21. The Labute approximate surface area is 114 Å². The molecule has 0 fully saturated rings. The van der Waals surface area contributed by atoms with Crippen LogP contribution in [0.1, 0.15) is 29.1 Å². The summed E-state index contributed by atoms with van der Waals surface area (Å²) in [6, 6.07) is 4.48. The summed E-state index contributed by atoms with van der Waals surface area (Å²) in [5, 5.41) is 7.97. The molecule has 0 saturated carbocycles. The molecule has 0 radical (unpaired) electrons. The van der Waals surface area contributed by atoms with E-state index in [1.165, 1.54) is 14.2 Å². The maximum atomic E-state index is 4.49. The minimum atomic E-state index is 0.191. The normalized spacial score (nSPS) is 12.9. The third kappa shape index (κ3) is 2.78. The lowest BCUT2D eigenvalue weighted by Gasteiger charge is -2.13. The number of hydrogen-bond acceptors (Lipinski definition) is 3. The molecule has 2 aromatic heterocycles. The van der Waals surface area contributed by atoms with Crippen molar-refractivity contribution in [1.82, 2.24) is 15.1 Å². The third-order valence-corrected chi connectivity index (χ3v) is 4.80. The van der Waals surface area contributed by atoms with Crippen LogP contribution >= 0.6 is 27.3 Å². The van der Waals surface area contributed by atoms with Crippen molar-refractivity contribution in [2.45, 2.75) is 19.9 Å². The Hall–Kier alpha value is -0.650. The van der Waals surface area contributed by atoms with Gasteiger partial charge < -0.3 is 5.32 Å². The molecule has 3 nitrogen and oxygen atoms in total. The van der Waals surface area contributed by atoms with Crippen molar-refractivity contribution in [3.05, 3.63) is 38.3 Å². The van der Waals surface area contributed by atoms with Gasteiger partial charge in [0.1, 0.15) is 0 Å². The standard InChI is InChI=1S/C12H16BrN3S/c1-4-14-11(9-5-6-16(3)15-9)10-7-8(2)12(13)17-10/h5-7,11,14H,4H2,1-3H3. The first-order valence-electron chi connectivity index (χ1n) is 5.60. The molecule has 0 aliphatic carbocycles. The Balaban J connectivity index is 2.34. The Morgan fingerprint density at radius 2 is 2.35 bits per heavy atom. The van der Waals surface area contributed by atoms with Crippen molar-refractivity contribution in [1.29, 1.82) is 0 Å². The average molecular weight is 314 g/mol. The van der Waals surface area contributed by atoms with Crippen LogP contribution in [-0.2, 0) is 7.05 Å². The fourth-order valence-corrected chi connectivity index (χ4v) is 3.43. The topological polar surface area (TPSA) is 29.9 Å². The molecule has 1 N–H and O–H groups in total. The molecule has 0 aliphatic heterocycles. The molecule has 2 rings (SSSR count). The highest BCUT2D eigenvalue weighted by Gasteiger charge is 2.18. The summed E-state index contributed by atoms with van der Waals surface area (Å²) in [6.07, 6.45) is 1.98. The first kappa shape index (κ1) is 12.8. The second-order valence-corrected chi connectivity index (χ2v) is 6.41. The maximum absolute atomic E-state index is 4.49. The molecule has 0 saturated heterocycles. The van der Waals surface area contributed by atoms with Gasteiger partial charge in [-0.05, 0) is 47.1 Å². The SMILES string of the molecule is CCNC(c1ccn(C)n1)c1cc(C)c(Br)s1. The number of hydrogen-bond donors (Lipinski definition) is 1. The number of thiophene rings is 1. The number of aromatic nitrogens is 2. The Kier molecular flexibility index (Phi) is 4.01. The molecule has 0 aromatic carbocycles. The van der Waals surface area contributed by atoms with Crippen LogP contribution in [0.2, 0.25) is 0 Å². The number of nitrogens with one attached hydrogen (secondary N) is 1. The van der Waals surface area contributed by atoms with E-state index in [9.17, 15) is 0 Å². The second kappa shape index (κ2) is 5.33. The molecule has 1 unspecified atom stereocenters. The lowest BCUT2D eigenvalue weighted by atomic mass is 10.1. The van der Waals surface area contributed by atoms with Crippen molar-refractivity contribution >= 4 is 27.3 Å². The van der Waals surface area contributed by atoms with E-state index in [4.69, 9.17) is 0 Å². The van der Waals surface area contributed by atoms with Crippen molar-refractivity contribution in [3.63, 3.8) is 0 Å². The van der Waals surface area contributed by atoms with Crippen molar-refractivity contribution in [2.24, 2.45) is 7.05 Å². The highest BCUT2D eigenvalue weighted by Crippen LogP contribution is 2.33. The Bertz CT molecular complexity index is 484. The summed E-state index contributed by atoms with van der Waals surface area (Å²) >= 11 is 5.35. The van der Waals surface area contributed by atoms with Gasteiger partial charge in [0.15, 0.2) is 0 Å². The van der Waals surface area contributed by atoms with Gasteiger partial charge in [0.2, 0.25) is 0 Å². The minimum absolute atomic E-state index is 0.191. The van der Waals surface area contributed by atoms with Crippen LogP contribution in [0.25, 0.3) is 0 Å². The fraction of sp³-hybridized carbons (Fsp3) is 0.417. The summed E-state index contributed by atoms with van der Waals surface area (Å²) < 4.78 is 3.04. The van der Waals surface area contributed by atoms with E-state index in [2.05, 4.69) is 52.3 Å². The van der Waals surface area contributed by atoms with E-state index in [0.29, 0.717) is 0 Å². The van der Waals surface area contributed by atoms with Crippen LogP contribution in [0.4, 0.5) is 0 Å². The molecule has 5 heteroatoms. The predicted molar refractivity (Wildman–Crippen MR) is 75.5 cm³/mol. The summed E-state index contributed by atoms with van der Waals surface area (Å²) in [5.74, 6) is 0. The predicted octanol–water partition coefficient (Wildman–Crippen LogP) is 3.25.